The van der Waals surface area contributed by atoms with Crippen molar-refractivity contribution in [2.75, 3.05) is 13.2 Å². The first kappa shape index (κ1) is 15.1. The maximum Gasteiger partial charge on any atom is 0.252 e. The number of carbonyl (C=O) groups excluding carboxylic acids is 1. The summed E-state index contributed by atoms with van der Waals surface area (Å²) in [4.78, 5) is 11.8. The normalized spacial score (nSPS) is 10.4. The van der Waals surface area contributed by atoms with E-state index in [0.29, 0.717) is 16.6 Å². The smallest absolute Gasteiger partial charge is 0.252 e. The molecule has 0 aliphatic heterocycles. The molecule has 5 heteroatoms. The summed E-state index contributed by atoms with van der Waals surface area (Å²) in [6, 6.07) is 4.00. The van der Waals surface area contributed by atoms with E-state index in [2.05, 4.69) is 21.2 Å². The highest BCUT2D eigenvalue weighted by atomic mass is 79.9. The average Bonchev–Trinajstić information content (AvgIpc) is 2.33. The zero-order chi connectivity index (χ0) is 13.4. The molecule has 1 aromatic carbocycles. The first-order chi connectivity index (χ1) is 8.65. The Morgan fingerprint density at radius 3 is 2.67 bits per heavy atom. The number of aliphatic hydroxyl groups excluding tert-OH is 1. The van der Waals surface area contributed by atoms with Gasteiger partial charge in [-0.3, -0.25) is 4.79 Å². The molecule has 100 valence electrons. The summed E-state index contributed by atoms with van der Waals surface area (Å²) < 4.78 is 13.3. The number of aliphatic hydroxyl groups is 1. The molecule has 0 aromatic heterocycles. The van der Waals surface area contributed by atoms with Gasteiger partial charge in [-0.05, 0) is 47.0 Å². The molecule has 1 rings (SSSR count). The number of rotatable bonds is 7. The number of unbranched alkanes of at least 4 members (excludes halogenated alkanes) is 3. The van der Waals surface area contributed by atoms with Crippen molar-refractivity contribution in [1.82, 2.24) is 5.32 Å². The highest BCUT2D eigenvalue weighted by Crippen LogP contribution is 2.17. The highest BCUT2D eigenvalue weighted by molar-refractivity contribution is 9.10. The molecule has 0 saturated carbocycles. The minimum absolute atomic E-state index is 0.205. The van der Waals surface area contributed by atoms with Gasteiger partial charge >= 0.3 is 0 Å². The van der Waals surface area contributed by atoms with Gasteiger partial charge in [-0.1, -0.05) is 12.8 Å². The van der Waals surface area contributed by atoms with E-state index in [1.54, 1.807) is 0 Å². The largest absolute Gasteiger partial charge is 0.396 e. The maximum absolute atomic E-state index is 12.9. The Morgan fingerprint density at radius 2 is 2.00 bits per heavy atom. The Labute approximate surface area is 115 Å². The fraction of sp³-hybridized carbons (Fsp3) is 0.462. The van der Waals surface area contributed by atoms with Gasteiger partial charge in [0.25, 0.3) is 5.91 Å². The van der Waals surface area contributed by atoms with Gasteiger partial charge in [-0.2, -0.15) is 0 Å². The lowest BCUT2D eigenvalue weighted by Crippen LogP contribution is -2.24. The average molecular weight is 318 g/mol. The van der Waals surface area contributed by atoms with Crippen LogP contribution in [0.2, 0.25) is 0 Å². The van der Waals surface area contributed by atoms with Crippen LogP contribution in [0.5, 0.6) is 0 Å². The van der Waals surface area contributed by atoms with Crippen LogP contribution in [-0.2, 0) is 0 Å². The zero-order valence-electron chi connectivity index (χ0n) is 10.1. The summed E-state index contributed by atoms with van der Waals surface area (Å²) in [7, 11) is 0. The topological polar surface area (TPSA) is 49.3 Å². The third kappa shape index (κ3) is 5.14. The number of carbonyl (C=O) groups is 1. The summed E-state index contributed by atoms with van der Waals surface area (Å²) in [6.07, 6.45) is 3.63. The van der Waals surface area contributed by atoms with Gasteiger partial charge in [0, 0.05) is 17.6 Å². The van der Waals surface area contributed by atoms with E-state index in [9.17, 15) is 9.18 Å². The van der Waals surface area contributed by atoms with Gasteiger partial charge in [0.05, 0.1) is 5.56 Å². The Hall–Kier alpha value is -0.940. The van der Waals surface area contributed by atoms with Gasteiger partial charge in [0.1, 0.15) is 5.82 Å². The van der Waals surface area contributed by atoms with Crippen molar-refractivity contribution in [2.24, 2.45) is 0 Å². The third-order valence-corrected chi connectivity index (χ3v) is 3.20. The van der Waals surface area contributed by atoms with Crippen LogP contribution in [0.15, 0.2) is 22.7 Å². The molecule has 0 heterocycles. The fourth-order valence-electron chi connectivity index (χ4n) is 1.56. The van der Waals surface area contributed by atoms with Gasteiger partial charge < -0.3 is 10.4 Å². The van der Waals surface area contributed by atoms with Gasteiger partial charge in [0.15, 0.2) is 0 Å². The predicted molar refractivity (Wildman–Crippen MR) is 72.0 cm³/mol. The van der Waals surface area contributed by atoms with Crippen molar-refractivity contribution in [3.05, 3.63) is 34.1 Å². The summed E-state index contributed by atoms with van der Waals surface area (Å²) >= 11 is 3.16. The van der Waals surface area contributed by atoms with Crippen molar-refractivity contribution in [3.8, 4) is 0 Å². The Morgan fingerprint density at radius 1 is 1.28 bits per heavy atom. The summed E-state index contributed by atoms with van der Waals surface area (Å²) in [6.45, 7) is 0.808. The molecule has 0 radical (unpaired) electrons. The number of hydrogen-bond donors (Lipinski definition) is 2. The second kappa shape index (κ2) is 8.21. The Bertz CT molecular complexity index is 399. The second-order valence-corrected chi connectivity index (χ2v) is 4.87. The molecule has 3 nitrogen and oxygen atoms in total. The van der Waals surface area contributed by atoms with Crippen molar-refractivity contribution in [3.63, 3.8) is 0 Å². The van der Waals surface area contributed by atoms with Gasteiger partial charge in [-0.25, -0.2) is 4.39 Å². The van der Waals surface area contributed by atoms with Crippen LogP contribution in [-0.4, -0.2) is 24.2 Å². The molecule has 1 aromatic rings. The van der Waals surface area contributed by atoms with Crippen LogP contribution in [0.25, 0.3) is 0 Å². The molecular formula is C13H17BrFNO2. The van der Waals surface area contributed by atoms with Crippen LogP contribution in [0, 0.1) is 5.82 Å². The van der Waals surface area contributed by atoms with E-state index < -0.39 is 0 Å². The van der Waals surface area contributed by atoms with Crippen molar-refractivity contribution in [1.29, 1.82) is 0 Å². The quantitative estimate of drug-likeness (QED) is 0.760. The lowest BCUT2D eigenvalue weighted by molar-refractivity contribution is 0.0952. The summed E-state index contributed by atoms with van der Waals surface area (Å²) in [5, 5.41) is 11.4. The molecule has 0 spiro atoms. The standard InChI is InChI=1S/C13H17BrFNO2/c14-12-9-10(15)5-6-11(12)13(18)16-7-3-1-2-4-8-17/h5-6,9,17H,1-4,7-8H2,(H,16,18). The van der Waals surface area contributed by atoms with Gasteiger partial charge in [-0.15, -0.1) is 0 Å². The summed E-state index contributed by atoms with van der Waals surface area (Å²) in [5.74, 6) is -0.577. The predicted octanol–water partition coefficient (Wildman–Crippen LogP) is 2.87. The summed E-state index contributed by atoms with van der Waals surface area (Å²) in [5.41, 5.74) is 0.437. The maximum atomic E-state index is 12.9. The highest BCUT2D eigenvalue weighted by Gasteiger charge is 2.09. The lowest BCUT2D eigenvalue weighted by atomic mass is 10.2. The van der Waals surface area contributed by atoms with Crippen molar-refractivity contribution >= 4 is 21.8 Å². The minimum Gasteiger partial charge on any atom is -0.396 e. The molecule has 0 fully saturated rings. The van der Waals surface area contributed by atoms with Crippen molar-refractivity contribution < 1.29 is 14.3 Å². The van der Waals surface area contributed by atoms with E-state index >= 15 is 0 Å². The number of hydrogen-bond acceptors (Lipinski definition) is 2. The molecular weight excluding hydrogens is 301 g/mol. The Kier molecular flexibility index (Phi) is 6.90. The van der Waals surface area contributed by atoms with E-state index in [-0.39, 0.29) is 18.3 Å². The first-order valence-corrected chi connectivity index (χ1v) is 6.78. The number of halogens is 2. The first-order valence-electron chi connectivity index (χ1n) is 5.99. The SMILES string of the molecule is O=C(NCCCCCCO)c1ccc(F)cc1Br. The van der Waals surface area contributed by atoms with Crippen LogP contribution < -0.4 is 5.32 Å². The van der Waals surface area contributed by atoms with Crippen LogP contribution in [0.3, 0.4) is 0 Å². The molecule has 0 atom stereocenters. The zero-order valence-corrected chi connectivity index (χ0v) is 11.7. The van der Waals surface area contributed by atoms with Crippen molar-refractivity contribution in [2.45, 2.75) is 25.7 Å². The molecule has 0 saturated heterocycles. The van der Waals surface area contributed by atoms with Crippen LogP contribution >= 0.6 is 15.9 Å². The molecule has 0 bridgehead atoms. The number of amides is 1. The van der Waals surface area contributed by atoms with Gasteiger partial charge in [0.2, 0.25) is 0 Å². The monoisotopic (exact) mass is 317 g/mol. The minimum atomic E-state index is -0.373. The van der Waals surface area contributed by atoms with E-state index in [1.165, 1.54) is 18.2 Å². The second-order valence-electron chi connectivity index (χ2n) is 4.02. The molecule has 0 aliphatic carbocycles. The Balaban J connectivity index is 2.32. The van der Waals surface area contributed by atoms with E-state index in [0.717, 1.165) is 25.7 Å². The van der Waals surface area contributed by atoms with Crippen LogP contribution in [0.4, 0.5) is 4.39 Å². The number of benzene rings is 1. The molecule has 18 heavy (non-hydrogen) atoms. The third-order valence-electron chi connectivity index (χ3n) is 2.55. The fourth-order valence-corrected chi connectivity index (χ4v) is 2.09. The molecule has 2 N–H and O–H groups in total. The lowest BCUT2D eigenvalue weighted by Gasteiger charge is -2.06. The molecule has 0 aliphatic rings. The molecule has 1 amide bonds. The molecule has 0 unspecified atom stereocenters. The number of nitrogens with one attached hydrogen (secondary N) is 1. The van der Waals surface area contributed by atoms with E-state index in [1.807, 2.05) is 0 Å². The van der Waals surface area contributed by atoms with E-state index in [4.69, 9.17) is 5.11 Å². The van der Waals surface area contributed by atoms with Crippen LogP contribution in [0.1, 0.15) is 36.0 Å².